The van der Waals surface area contributed by atoms with Crippen molar-refractivity contribution in [3.8, 4) is 0 Å². The molecule has 1 aliphatic rings. The minimum absolute atomic E-state index is 0.00631. The number of nitrogens with zero attached hydrogens (tertiary/aromatic N) is 1. The lowest BCUT2D eigenvalue weighted by Crippen LogP contribution is -2.51. The molecule has 4 nitrogen and oxygen atoms in total. The van der Waals surface area contributed by atoms with Crippen molar-refractivity contribution in [2.24, 2.45) is 5.92 Å². The van der Waals surface area contributed by atoms with E-state index in [4.69, 9.17) is 4.74 Å². The molecule has 1 saturated heterocycles. The van der Waals surface area contributed by atoms with Crippen molar-refractivity contribution in [2.75, 3.05) is 18.0 Å². The molecular formula is C18H27FN2O2. The molecule has 128 valence electrons. The third kappa shape index (κ3) is 5.41. The Hall–Kier alpha value is -1.78. The molecule has 1 heterocycles. The van der Waals surface area contributed by atoms with Crippen LogP contribution in [0.4, 0.5) is 14.9 Å². The van der Waals surface area contributed by atoms with E-state index in [0.717, 1.165) is 25.1 Å². The third-order valence-corrected chi connectivity index (χ3v) is 4.01. The molecule has 0 spiro atoms. The first-order valence-corrected chi connectivity index (χ1v) is 8.27. The van der Waals surface area contributed by atoms with Gasteiger partial charge < -0.3 is 15.0 Å². The summed E-state index contributed by atoms with van der Waals surface area (Å²) in [5.41, 5.74) is 0.352. The molecule has 1 fully saturated rings. The largest absolute Gasteiger partial charge is 0.444 e. The Labute approximate surface area is 138 Å². The Bertz CT molecular complexity index is 542. The molecule has 1 aromatic carbocycles. The van der Waals surface area contributed by atoms with Crippen LogP contribution in [0.25, 0.3) is 0 Å². The van der Waals surface area contributed by atoms with Crippen LogP contribution in [0.3, 0.4) is 0 Å². The van der Waals surface area contributed by atoms with Crippen molar-refractivity contribution in [3.63, 3.8) is 0 Å². The Kier molecular flexibility index (Phi) is 5.50. The molecule has 0 radical (unpaired) electrons. The second kappa shape index (κ2) is 7.20. The van der Waals surface area contributed by atoms with E-state index in [2.05, 4.69) is 17.1 Å². The van der Waals surface area contributed by atoms with Crippen molar-refractivity contribution in [1.29, 1.82) is 0 Å². The molecule has 0 aromatic heterocycles. The lowest BCUT2D eigenvalue weighted by Gasteiger charge is -2.39. The fourth-order valence-electron chi connectivity index (χ4n) is 2.96. The van der Waals surface area contributed by atoms with Crippen LogP contribution in [-0.2, 0) is 4.74 Å². The minimum atomic E-state index is -0.509. The second-order valence-corrected chi connectivity index (χ2v) is 7.24. The van der Waals surface area contributed by atoms with Gasteiger partial charge in [-0.3, -0.25) is 0 Å². The molecule has 1 amide bonds. The smallest absolute Gasteiger partial charge is 0.407 e. The van der Waals surface area contributed by atoms with Crippen LogP contribution in [0.15, 0.2) is 24.3 Å². The molecule has 0 saturated carbocycles. The Morgan fingerprint density at radius 2 is 2.13 bits per heavy atom. The summed E-state index contributed by atoms with van der Waals surface area (Å²) in [6, 6.07) is 6.62. The number of carbonyl (C=O) groups excluding carboxylic acids is 1. The van der Waals surface area contributed by atoms with Gasteiger partial charge in [0.15, 0.2) is 0 Å². The number of alkyl carbamates (subject to hydrolysis) is 1. The SMILES string of the molecule is CCC1CC(NC(=O)OC(C)(C)C)CN(c2cccc(F)c2)C1. The molecule has 0 aliphatic carbocycles. The average molecular weight is 322 g/mol. The first kappa shape index (κ1) is 17.6. The van der Waals surface area contributed by atoms with Gasteiger partial charge in [0, 0.05) is 18.8 Å². The Morgan fingerprint density at radius 3 is 2.74 bits per heavy atom. The zero-order valence-electron chi connectivity index (χ0n) is 14.4. The number of hydrogen-bond donors (Lipinski definition) is 1. The van der Waals surface area contributed by atoms with E-state index in [9.17, 15) is 9.18 Å². The highest BCUT2D eigenvalue weighted by molar-refractivity contribution is 5.68. The van der Waals surface area contributed by atoms with Gasteiger partial charge in [0.2, 0.25) is 0 Å². The summed E-state index contributed by atoms with van der Waals surface area (Å²) < 4.78 is 18.8. The van der Waals surface area contributed by atoms with Gasteiger partial charge >= 0.3 is 6.09 Å². The fourth-order valence-corrected chi connectivity index (χ4v) is 2.96. The standard InChI is InChI=1S/C18H27FN2O2/c1-5-13-9-15(20-17(22)23-18(2,3)4)12-21(11-13)16-8-6-7-14(19)10-16/h6-8,10,13,15H,5,9,11-12H2,1-4H3,(H,20,22). The van der Waals surface area contributed by atoms with E-state index >= 15 is 0 Å². The van der Waals surface area contributed by atoms with Crippen LogP contribution in [0.2, 0.25) is 0 Å². The van der Waals surface area contributed by atoms with Gasteiger partial charge in [-0.2, -0.15) is 0 Å². The summed E-state index contributed by atoms with van der Waals surface area (Å²) in [6.07, 6.45) is 1.55. The van der Waals surface area contributed by atoms with Gasteiger partial charge in [0.25, 0.3) is 0 Å². The van der Waals surface area contributed by atoms with Gasteiger partial charge in [-0.15, -0.1) is 0 Å². The van der Waals surface area contributed by atoms with Crippen molar-refractivity contribution in [3.05, 3.63) is 30.1 Å². The van der Waals surface area contributed by atoms with Gasteiger partial charge in [-0.1, -0.05) is 19.4 Å². The third-order valence-electron chi connectivity index (χ3n) is 4.01. The van der Waals surface area contributed by atoms with Crippen molar-refractivity contribution < 1.29 is 13.9 Å². The summed E-state index contributed by atoms with van der Waals surface area (Å²) in [7, 11) is 0. The maximum absolute atomic E-state index is 13.5. The highest BCUT2D eigenvalue weighted by Gasteiger charge is 2.29. The first-order chi connectivity index (χ1) is 10.8. The molecule has 5 heteroatoms. The van der Waals surface area contributed by atoms with E-state index in [1.54, 1.807) is 12.1 Å². The Balaban J connectivity index is 2.05. The number of carbonyl (C=O) groups is 1. The zero-order chi connectivity index (χ0) is 17.0. The number of ether oxygens (including phenoxy) is 1. The van der Waals surface area contributed by atoms with E-state index in [1.165, 1.54) is 6.07 Å². The van der Waals surface area contributed by atoms with Crippen LogP contribution >= 0.6 is 0 Å². The lowest BCUT2D eigenvalue weighted by atomic mass is 9.91. The molecule has 2 rings (SSSR count). The molecule has 23 heavy (non-hydrogen) atoms. The molecule has 1 N–H and O–H groups in total. The number of benzene rings is 1. The normalized spacial score (nSPS) is 21.9. The van der Waals surface area contributed by atoms with Crippen molar-refractivity contribution in [2.45, 2.75) is 52.2 Å². The first-order valence-electron chi connectivity index (χ1n) is 8.27. The van der Waals surface area contributed by atoms with E-state index < -0.39 is 11.7 Å². The van der Waals surface area contributed by atoms with Crippen molar-refractivity contribution in [1.82, 2.24) is 5.32 Å². The topological polar surface area (TPSA) is 41.6 Å². The summed E-state index contributed by atoms with van der Waals surface area (Å²) in [4.78, 5) is 14.1. The van der Waals surface area contributed by atoms with Gasteiger partial charge in [-0.05, 0) is 51.3 Å². The summed E-state index contributed by atoms with van der Waals surface area (Å²) in [5.74, 6) is 0.227. The molecule has 2 atom stereocenters. The van der Waals surface area contributed by atoms with E-state index in [0.29, 0.717) is 12.5 Å². The zero-order valence-corrected chi connectivity index (χ0v) is 14.4. The van der Waals surface area contributed by atoms with Crippen LogP contribution in [0, 0.1) is 11.7 Å². The van der Waals surface area contributed by atoms with E-state index in [-0.39, 0.29) is 11.9 Å². The Morgan fingerprint density at radius 1 is 1.39 bits per heavy atom. The van der Waals surface area contributed by atoms with Gasteiger partial charge in [-0.25, -0.2) is 9.18 Å². The monoisotopic (exact) mass is 322 g/mol. The molecule has 1 aromatic rings. The van der Waals surface area contributed by atoms with Crippen LogP contribution in [-0.4, -0.2) is 30.8 Å². The summed E-state index contributed by atoms with van der Waals surface area (Å²) in [5, 5.41) is 2.96. The molecular weight excluding hydrogens is 295 g/mol. The number of anilines is 1. The molecule has 2 unspecified atom stereocenters. The lowest BCUT2D eigenvalue weighted by molar-refractivity contribution is 0.0493. The second-order valence-electron chi connectivity index (χ2n) is 7.24. The molecule has 1 aliphatic heterocycles. The summed E-state index contributed by atoms with van der Waals surface area (Å²) in [6.45, 7) is 9.24. The quantitative estimate of drug-likeness (QED) is 0.916. The highest BCUT2D eigenvalue weighted by atomic mass is 19.1. The number of hydrogen-bond acceptors (Lipinski definition) is 3. The maximum Gasteiger partial charge on any atom is 0.407 e. The predicted octanol–water partition coefficient (Wildman–Crippen LogP) is 3.96. The maximum atomic E-state index is 13.5. The predicted molar refractivity (Wildman–Crippen MR) is 90.2 cm³/mol. The number of nitrogens with one attached hydrogen (secondary N) is 1. The van der Waals surface area contributed by atoms with Crippen LogP contribution in [0.5, 0.6) is 0 Å². The summed E-state index contributed by atoms with van der Waals surface area (Å²) >= 11 is 0. The minimum Gasteiger partial charge on any atom is -0.444 e. The van der Waals surface area contributed by atoms with Crippen molar-refractivity contribution >= 4 is 11.8 Å². The van der Waals surface area contributed by atoms with Gasteiger partial charge in [0.1, 0.15) is 11.4 Å². The fraction of sp³-hybridized carbons (Fsp3) is 0.611. The number of amides is 1. The van der Waals surface area contributed by atoms with E-state index in [1.807, 2.05) is 26.8 Å². The van der Waals surface area contributed by atoms with Crippen LogP contribution in [0.1, 0.15) is 40.5 Å². The number of piperidine rings is 1. The number of halogens is 1. The molecule has 0 bridgehead atoms. The van der Waals surface area contributed by atoms with Crippen LogP contribution < -0.4 is 10.2 Å². The average Bonchev–Trinajstić information content (AvgIpc) is 2.44. The highest BCUT2D eigenvalue weighted by Crippen LogP contribution is 2.26. The number of rotatable bonds is 3. The van der Waals surface area contributed by atoms with Gasteiger partial charge in [0.05, 0.1) is 6.04 Å².